The predicted molar refractivity (Wildman–Crippen MR) is 116 cm³/mol. The van der Waals surface area contributed by atoms with Crippen LogP contribution in [0.1, 0.15) is 31.9 Å². The first-order valence-electron chi connectivity index (χ1n) is 10.2. The Balaban J connectivity index is 1.68. The van der Waals surface area contributed by atoms with Crippen molar-refractivity contribution in [1.29, 1.82) is 5.26 Å². The molecule has 174 valence electrons. The molecule has 2 aromatic rings. The van der Waals surface area contributed by atoms with Crippen LogP contribution in [0.2, 0.25) is 0 Å². The summed E-state index contributed by atoms with van der Waals surface area (Å²) in [4.78, 5) is 26.0. The van der Waals surface area contributed by atoms with Crippen molar-refractivity contribution in [2.45, 2.75) is 39.3 Å². The molecular formula is C23H23F3N4O3. The highest BCUT2D eigenvalue weighted by atomic mass is 19.4. The van der Waals surface area contributed by atoms with E-state index in [-0.39, 0.29) is 24.1 Å². The predicted octanol–water partition coefficient (Wildman–Crippen LogP) is 4.36. The number of nitriles is 1. The molecule has 0 aromatic heterocycles. The molecular weight excluding hydrogens is 437 g/mol. The molecule has 0 unspecified atom stereocenters. The lowest BCUT2D eigenvalue weighted by Crippen LogP contribution is -2.32. The van der Waals surface area contributed by atoms with Crippen LogP contribution in [-0.2, 0) is 20.5 Å². The molecule has 0 spiro atoms. The van der Waals surface area contributed by atoms with Crippen LogP contribution < -0.4 is 15.5 Å². The Morgan fingerprint density at radius 1 is 1.12 bits per heavy atom. The van der Waals surface area contributed by atoms with Gasteiger partial charge in [0.15, 0.2) is 6.10 Å². The Hall–Kier alpha value is -3.58. The second-order valence-electron chi connectivity index (χ2n) is 7.93. The Morgan fingerprint density at radius 3 is 2.27 bits per heavy atom. The average Bonchev–Trinajstić information content (AvgIpc) is 3.15. The zero-order valence-corrected chi connectivity index (χ0v) is 18.2. The molecule has 33 heavy (non-hydrogen) atoms. The molecule has 0 bridgehead atoms. The number of anilines is 3. The fourth-order valence-electron chi connectivity index (χ4n) is 3.33. The van der Waals surface area contributed by atoms with E-state index in [1.165, 1.54) is 11.0 Å². The van der Waals surface area contributed by atoms with E-state index in [0.29, 0.717) is 11.4 Å². The number of hydrogen-bond donors (Lipinski definition) is 2. The van der Waals surface area contributed by atoms with Crippen molar-refractivity contribution in [2.75, 3.05) is 22.1 Å². The van der Waals surface area contributed by atoms with Gasteiger partial charge in [0.1, 0.15) is 6.23 Å². The first kappa shape index (κ1) is 24.1. The second kappa shape index (κ2) is 9.50. The molecule has 1 aliphatic rings. The highest BCUT2D eigenvalue weighted by Crippen LogP contribution is 2.36. The smallest absolute Gasteiger partial charge is 0.344 e. The maximum Gasteiger partial charge on any atom is 0.417 e. The minimum atomic E-state index is -4.68. The summed E-state index contributed by atoms with van der Waals surface area (Å²) in [6, 6.07) is 11.5. The molecule has 2 amide bonds. The van der Waals surface area contributed by atoms with Crippen molar-refractivity contribution in [3.8, 4) is 6.07 Å². The van der Waals surface area contributed by atoms with Gasteiger partial charge in [-0.15, -0.1) is 0 Å². The molecule has 0 radical (unpaired) electrons. The van der Waals surface area contributed by atoms with Crippen molar-refractivity contribution < 1.29 is 27.5 Å². The fraction of sp³-hybridized carbons (Fsp3) is 0.348. The number of ether oxygens (including phenoxy) is 1. The summed E-state index contributed by atoms with van der Waals surface area (Å²) in [5, 5.41) is 14.4. The van der Waals surface area contributed by atoms with E-state index in [1.807, 2.05) is 0 Å². The number of amides is 2. The second-order valence-corrected chi connectivity index (χ2v) is 7.93. The largest absolute Gasteiger partial charge is 0.417 e. The highest BCUT2D eigenvalue weighted by molar-refractivity contribution is 5.96. The van der Waals surface area contributed by atoms with E-state index in [2.05, 4.69) is 10.6 Å². The molecule has 3 rings (SSSR count). The summed E-state index contributed by atoms with van der Waals surface area (Å²) < 4.78 is 45.5. The van der Waals surface area contributed by atoms with Crippen molar-refractivity contribution in [3.05, 3.63) is 53.6 Å². The van der Waals surface area contributed by atoms with Gasteiger partial charge < -0.3 is 20.3 Å². The third-order valence-electron chi connectivity index (χ3n) is 5.16. The van der Waals surface area contributed by atoms with Crippen LogP contribution in [0, 0.1) is 17.2 Å². The third kappa shape index (κ3) is 5.62. The number of carbonyl (C=O) groups is 2. The first-order valence-corrected chi connectivity index (χ1v) is 10.2. The molecule has 1 fully saturated rings. The van der Waals surface area contributed by atoms with Gasteiger partial charge in [-0.2, -0.15) is 18.4 Å². The Bertz CT molecular complexity index is 1080. The van der Waals surface area contributed by atoms with E-state index >= 15 is 0 Å². The van der Waals surface area contributed by atoms with Crippen LogP contribution >= 0.6 is 0 Å². The van der Waals surface area contributed by atoms with E-state index in [1.54, 1.807) is 51.1 Å². The Labute approximate surface area is 189 Å². The number of hydrogen-bond acceptors (Lipinski definition) is 5. The minimum absolute atomic E-state index is 0.0404. The highest BCUT2D eigenvalue weighted by Gasteiger charge is 2.38. The summed E-state index contributed by atoms with van der Waals surface area (Å²) in [5.41, 5.74) is -0.233. The van der Waals surface area contributed by atoms with E-state index < -0.39 is 35.5 Å². The standard InChI is InChI=1S/C23H23F3N4O3/c1-13(2)21(31)28-16-5-7-17(8-6-16)29-22(32)20-12-30(14(3)33-20)18-9-4-15(11-27)19(10-18)23(24,25)26/h4-10,13-14,20H,12H2,1-3H3,(H,28,31)(H,29,32)/t14-,20+/m1/s1. The van der Waals surface area contributed by atoms with Crippen LogP contribution in [-0.4, -0.2) is 30.7 Å². The first-order chi connectivity index (χ1) is 15.5. The van der Waals surface area contributed by atoms with Gasteiger partial charge >= 0.3 is 6.18 Å². The maximum absolute atomic E-state index is 13.3. The van der Waals surface area contributed by atoms with Crippen molar-refractivity contribution >= 4 is 28.9 Å². The number of benzene rings is 2. The lowest BCUT2D eigenvalue weighted by Gasteiger charge is -2.23. The average molecular weight is 460 g/mol. The molecule has 2 N–H and O–H groups in total. The number of halogens is 3. The van der Waals surface area contributed by atoms with Crippen LogP contribution in [0.15, 0.2) is 42.5 Å². The number of alkyl halides is 3. The molecule has 2 atom stereocenters. The van der Waals surface area contributed by atoms with Crippen molar-refractivity contribution in [3.63, 3.8) is 0 Å². The van der Waals surface area contributed by atoms with Gasteiger partial charge in [0, 0.05) is 23.0 Å². The summed E-state index contributed by atoms with van der Waals surface area (Å²) in [6.07, 6.45) is -6.24. The maximum atomic E-state index is 13.3. The number of carbonyl (C=O) groups excluding carboxylic acids is 2. The summed E-state index contributed by atoms with van der Waals surface area (Å²) in [6.45, 7) is 5.22. The molecule has 0 saturated carbocycles. The van der Waals surface area contributed by atoms with E-state index in [9.17, 15) is 22.8 Å². The van der Waals surface area contributed by atoms with Gasteiger partial charge in [-0.1, -0.05) is 13.8 Å². The van der Waals surface area contributed by atoms with Gasteiger partial charge in [-0.3, -0.25) is 9.59 Å². The summed E-state index contributed by atoms with van der Waals surface area (Å²) >= 11 is 0. The van der Waals surface area contributed by atoms with Gasteiger partial charge in [0.2, 0.25) is 5.91 Å². The van der Waals surface area contributed by atoms with Crippen LogP contribution in [0.4, 0.5) is 30.2 Å². The molecule has 10 heteroatoms. The number of nitrogens with zero attached hydrogens (tertiary/aromatic N) is 2. The van der Waals surface area contributed by atoms with Crippen LogP contribution in [0.5, 0.6) is 0 Å². The van der Waals surface area contributed by atoms with Gasteiger partial charge in [-0.25, -0.2) is 0 Å². The lowest BCUT2D eigenvalue weighted by atomic mass is 10.1. The summed E-state index contributed by atoms with van der Waals surface area (Å²) in [7, 11) is 0. The molecule has 1 aliphatic heterocycles. The topological polar surface area (TPSA) is 94.5 Å². The van der Waals surface area contributed by atoms with Crippen LogP contribution in [0.25, 0.3) is 0 Å². The number of nitrogens with one attached hydrogen (secondary N) is 2. The monoisotopic (exact) mass is 460 g/mol. The molecule has 0 aliphatic carbocycles. The van der Waals surface area contributed by atoms with Crippen molar-refractivity contribution in [2.24, 2.45) is 5.92 Å². The molecule has 7 nitrogen and oxygen atoms in total. The quantitative estimate of drug-likeness (QED) is 0.692. The van der Waals surface area contributed by atoms with Crippen molar-refractivity contribution in [1.82, 2.24) is 0 Å². The van der Waals surface area contributed by atoms with E-state index in [4.69, 9.17) is 10.00 Å². The van der Waals surface area contributed by atoms with E-state index in [0.717, 1.165) is 12.1 Å². The van der Waals surface area contributed by atoms with Crippen LogP contribution in [0.3, 0.4) is 0 Å². The summed E-state index contributed by atoms with van der Waals surface area (Å²) in [5.74, 6) is -0.748. The van der Waals surface area contributed by atoms with Gasteiger partial charge in [0.25, 0.3) is 5.91 Å². The lowest BCUT2D eigenvalue weighted by molar-refractivity contribution is -0.137. The normalized spacial score (nSPS) is 18.2. The minimum Gasteiger partial charge on any atom is -0.344 e. The fourth-order valence-corrected chi connectivity index (χ4v) is 3.33. The zero-order valence-electron chi connectivity index (χ0n) is 18.2. The molecule has 2 aromatic carbocycles. The van der Waals surface area contributed by atoms with Gasteiger partial charge in [-0.05, 0) is 49.4 Å². The Kier molecular flexibility index (Phi) is 6.93. The molecule has 1 heterocycles. The zero-order chi connectivity index (χ0) is 24.3. The van der Waals surface area contributed by atoms with Gasteiger partial charge in [0.05, 0.1) is 23.7 Å². The number of rotatable bonds is 5. The third-order valence-corrected chi connectivity index (χ3v) is 5.16. The SMILES string of the molecule is CC(C)C(=O)Nc1ccc(NC(=O)[C@@H]2CN(c3ccc(C#N)c(C(F)(F)F)c3)[C@@H](C)O2)cc1. The molecule has 1 saturated heterocycles. The Morgan fingerprint density at radius 2 is 1.73 bits per heavy atom.